The molecule has 0 unspecified atom stereocenters. The fraction of sp³-hybridized carbons (Fsp3) is 0.600. The van der Waals surface area contributed by atoms with Crippen molar-refractivity contribution in [2.24, 2.45) is 0 Å². The molecule has 2 nitrogen and oxygen atoms in total. The van der Waals surface area contributed by atoms with E-state index in [2.05, 4.69) is 17.1 Å². The Morgan fingerprint density at radius 2 is 2.00 bits per heavy atom. The molecule has 1 saturated heterocycles. The van der Waals surface area contributed by atoms with Gasteiger partial charge in [0.1, 0.15) is 11.6 Å². The van der Waals surface area contributed by atoms with Crippen LogP contribution in [0.3, 0.4) is 0 Å². The minimum absolute atomic E-state index is 0.00208. The van der Waals surface area contributed by atoms with E-state index >= 15 is 0 Å². The second-order valence-electron chi connectivity index (χ2n) is 5.11. The zero-order chi connectivity index (χ0) is 13.7. The minimum Gasteiger partial charge on any atom is -0.314 e. The van der Waals surface area contributed by atoms with Crippen LogP contribution in [0.1, 0.15) is 37.8 Å². The van der Waals surface area contributed by atoms with Crippen molar-refractivity contribution in [1.82, 2.24) is 10.2 Å². The van der Waals surface area contributed by atoms with Crippen LogP contribution in [0.25, 0.3) is 0 Å². The molecule has 0 aromatic heterocycles. The summed E-state index contributed by atoms with van der Waals surface area (Å²) in [6, 6.07) is 3.79. The lowest BCUT2D eigenvalue weighted by Crippen LogP contribution is -2.45. The van der Waals surface area contributed by atoms with E-state index in [0.717, 1.165) is 45.4 Å². The summed E-state index contributed by atoms with van der Waals surface area (Å²) >= 11 is 0. The first-order valence-electron chi connectivity index (χ1n) is 7.12. The molecular formula is C15H22F2N2. The molecule has 4 heteroatoms. The van der Waals surface area contributed by atoms with E-state index in [9.17, 15) is 8.78 Å². The van der Waals surface area contributed by atoms with Crippen LogP contribution in [0.5, 0.6) is 0 Å². The molecule has 2 rings (SSSR count). The normalized spacial score (nSPS) is 18.5. The van der Waals surface area contributed by atoms with E-state index in [4.69, 9.17) is 0 Å². The Bertz CT molecular complexity index is 403. The molecule has 0 saturated carbocycles. The van der Waals surface area contributed by atoms with E-state index < -0.39 is 0 Å². The van der Waals surface area contributed by atoms with Crippen molar-refractivity contribution >= 4 is 0 Å². The smallest absolute Gasteiger partial charge is 0.128 e. The Balaban J connectivity index is 2.22. The third-order valence-corrected chi connectivity index (χ3v) is 3.74. The van der Waals surface area contributed by atoms with Crippen LogP contribution in [0.4, 0.5) is 8.78 Å². The third kappa shape index (κ3) is 3.74. The summed E-state index contributed by atoms with van der Waals surface area (Å²) in [6.07, 6.45) is 2.99. The molecule has 0 bridgehead atoms. The molecule has 1 aromatic carbocycles. The Morgan fingerprint density at radius 1 is 1.26 bits per heavy atom. The van der Waals surface area contributed by atoms with Crippen LogP contribution in [-0.4, -0.2) is 31.1 Å². The number of nitrogens with zero attached hydrogens (tertiary/aromatic N) is 1. The summed E-state index contributed by atoms with van der Waals surface area (Å²) in [6.45, 7) is 5.74. The Kier molecular flexibility index (Phi) is 5.28. The highest BCUT2D eigenvalue weighted by Gasteiger charge is 2.24. The number of unbranched alkanes of at least 4 members (excludes halogenated alkanes) is 1. The van der Waals surface area contributed by atoms with Crippen molar-refractivity contribution < 1.29 is 8.78 Å². The van der Waals surface area contributed by atoms with Crippen LogP contribution in [-0.2, 0) is 0 Å². The molecular weight excluding hydrogens is 246 g/mol. The van der Waals surface area contributed by atoms with Gasteiger partial charge in [-0.05, 0) is 24.6 Å². The first-order chi connectivity index (χ1) is 9.22. The molecule has 106 valence electrons. The van der Waals surface area contributed by atoms with Crippen molar-refractivity contribution in [3.8, 4) is 0 Å². The van der Waals surface area contributed by atoms with Gasteiger partial charge in [0.05, 0.1) is 0 Å². The number of rotatable bonds is 5. The topological polar surface area (TPSA) is 15.3 Å². The van der Waals surface area contributed by atoms with Gasteiger partial charge in [0.15, 0.2) is 0 Å². The maximum atomic E-state index is 14.0. The van der Waals surface area contributed by atoms with E-state index in [-0.39, 0.29) is 17.7 Å². The molecule has 1 fully saturated rings. The number of benzene rings is 1. The van der Waals surface area contributed by atoms with Crippen LogP contribution < -0.4 is 5.32 Å². The van der Waals surface area contributed by atoms with Crippen LogP contribution in [0.15, 0.2) is 18.2 Å². The number of piperazine rings is 1. The highest BCUT2D eigenvalue weighted by molar-refractivity contribution is 5.22. The van der Waals surface area contributed by atoms with Gasteiger partial charge in [-0.3, -0.25) is 4.90 Å². The van der Waals surface area contributed by atoms with E-state index in [1.54, 1.807) is 0 Å². The second-order valence-corrected chi connectivity index (χ2v) is 5.11. The molecule has 1 N–H and O–H groups in total. The van der Waals surface area contributed by atoms with Gasteiger partial charge in [0, 0.05) is 37.8 Å². The predicted octanol–water partition coefficient (Wildman–Crippen LogP) is 3.10. The van der Waals surface area contributed by atoms with Gasteiger partial charge in [0.25, 0.3) is 0 Å². The average Bonchev–Trinajstić information content (AvgIpc) is 2.44. The van der Waals surface area contributed by atoms with Crippen molar-refractivity contribution in [2.45, 2.75) is 32.2 Å². The predicted molar refractivity (Wildman–Crippen MR) is 73.1 cm³/mol. The summed E-state index contributed by atoms with van der Waals surface area (Å²) in [7, 11) is 0. The first kappa shape index (κ1) is 14.4. The fourth-order valence-corrected chi connectivity index (χ4v) is 2.70. The molecule has 0 aliphatic carbocycles. The summed E-state index contributed by atoms with van der Waals surface area (Å²) < 4.78 is 27.4. The minimum atomic E-state index is -0.354. The Morgan fingerprint density at radius 3 is 2.68 bits per heavy atom. The monoisotopic (exact) mass is 268 g/mol. The SMILES string of the molecule is CCCC[C@@H](c1cc(F)ccc1F)N1CCNCC1. The summed E-state index contributed by atoms with van der Waals surface area (Å²) in [4.78, 5) is 2.27. The quantitative estimate of drug-likeness (QED) is 0.882. The zero-order valence-corrected chi connectivity index (χ0v) is 11.5. The van der Waals surface area contributed by atoms with Crippen molar-refractivity contribution in [3.05, 3.63) is 35.4 Å². The molecule has 19 heavy (non-hydrogen) atoms. The van der Waals surface area contributed by atoms with Gasteiger partial charge in [0.2, 0.25) is 0 Å². The standard InChI is InChI=1S/C15H22F2N2/c1-2-3-4-15(19-9-7-18-8-10-19)13-11-12(16)5-6-14(13)17/h5-6,11,15,18H,2-4,7-10H2,1H3/t15-/m0/s1. The van der Waals surface area contributed by atoms with Gasteiger partial charge in [-0.25, -0.2) is 8.78 Å². The van der Waals surface area contributed by atoms with Gasteiger partial charge < -0.3 is 5.32 Å². The molecule has 1 atom stereocenters. The van der Waals surface area contributed by atoms with Crippen LogP contribution in [0, 0.1) is 11.6 Å². The van der Waals surface area contributed by atoms with E-state index in [1.165, 1.54) is 18.2 Å². The second kappa shape index (κ2) is 6.96. The molecule has 1 aromatic rings. The molecule has 0 spiro atoms. The molecule has 0 radical (unpaired) electrons. The lowest BCUT2D eigenvalue weighted by Gasteiger charge is -2.35. The summed E-state index contributed by atoms with van der Waals surface area (Å²) in [5, 5.41) is 3.29. The average molecular weight is 268 g/mol. The number of hydrogen-bond acceptors (Lipinski definition) is 2. The van der Waals surface area contributed by atoms with Gasteiger partial charge in [-0.1, -0.05) is 19.8 Å². The fourth-order valence-electron chi connectivity index (χ4n) is 2.70. The number of halogens is 2. The first-order valence-corrected chi connectivity index (χ1v) is 7.12. The summed E-state index contributed by atoms with van der Waals surface area (Å²) in [5.41, 5.74) is 0.510. The molecule has 1 heterocycles. The maximum absolute atomic E-state index is 14.0. The van der Waals surface area contributed by atoms with Crippen molar-refractivity contribution in [1.29, 1.82) is 0 Å². The molecule has 0 amide bonds. The third-order valence-electron chi connectivity index (χ3n) is 3.74. The van der Waals surface area contributed by atoms with Gasteiger partial charge >= 0.3 is 0 Å². The van der Waals surface area contributed by atoms with Crippen molar-refractivity contribution in [3.63, 3.8) is 0 Å². The molecule has 1 aliphatic heterocycles. The van der Waals surface area contributed by atoms with Crippen LogP contribution in [0.2, 0.25) is 0 Å². The van der Waals surface area contributed by atoms with Gasteiger partial charge in [-0.2, -0.15) is 0 Å². The highest BCUT2D eigenvalue weighted by Crippen LogP contribution is 2.29. The van der Waals surface area contributed by atoms with Crippen molar-refractivity contribution in [2.75, 3.05) is 26.2 Å². The van der Waals surface area contributed by atoms with Crippen LogP contribution >= 0.6 is 0 Å². The van der Waals surface area contributed by atoms with Gasteiger partial charge in [-0.15, -0.1) is 0 Å². The van der Waals surface area contributed by atoms with E-state index in [0.29, 0.717) is 5.56 Å². The number of hydrogen-bond donors (Lipinski definition) is 1. The maximum Gasteiger partial charge on any atom is 0.128 e. The largest absolute Gasteiger partial charge is 0.314 e. The highest BCUT2D eigenvalue weighted by atomic mass is 19.1. The Hall–Kier alpha value is -1.00. The molecule has 1 aliphatic rings. The lowest BCUT2D eigenvalue weighted by molar-refractivity contribution is 0.160. The number of nitrogens with one attached hydrogen (secondary N) is 1. The Labute approximate surface area is 113 Å². The van der Waals surface area contributed by atoms with E-state index in [1.807, 2.05) is 0 Å². The lowest BCUT2D eigenvalue weighted by atomic mass is 9.98. The zero-order valence-electron chi connectivity index (χ0n) is 11.5. The summed E-state index contributed by atoms with van der Waals surface area (Å²) in [5.74, 6) is -0.644.